The number of hydrogen-bond acceptors (Lipinski definition) is 2. The highest BCUT2D eigenvalue weighted by Gasteiger charge is 2.09. The van der Waals surface area contributed by atoms with Crippen LogP contribution in [0.4, 0.5) is 0 Å². The third-order valence-electron chi connectivity index (χ3n) is 3.38. The summed E-state index contributed by atoms with van der Waals surface area (Å²) in [6.07, 6.45) is 0.304. The minimum atomic E-state index is -0.421. The maximum atomic E-state index is 10.2. The molecular formula is C17H19Br2NO. The number of benzene rings is 2. The first-order chi connectivity index (χ1) is 10.0. The van der Waals surface area contributed by atoms with Crippen LogP contribution in [0, 0.1) is 0 Å². The van der Waals surface area contributed by atoms with E-state index in [0.717, 1.165) is 34.0 Å². The molecular weight excluding hydrogens is 394 g/mol. The molecule has 0 aliphatic rings. The van der Waals surface area contributed by atoms with Gasteiger partial charge in [0.2, 0.25) is 0 Å². The van der Waals surface area contributed by atoms with Crippen LogP contribution in [-0.4, -0.2) is 23.6 Å². The van der Waals surface area contributed by atoms with E-state index in [1.54, 1.807) is 0 Å². The smallest absolute Gasteiger partial charge is 0.0802 e. The predicted molar refractivity (Wildman–Crippen MR) is 94.2 cm³/mol. The second-order valence-electron chi connectivity index (χ2n) is 5.22. The van der Waals surface area contributed by atoms with Crippen molar-refractivity contribution in [1.29, 1.82) is 0 Å². The highest BCUT2D eigenvalue weighted by atomic mass is 79.9. The van der Waals surface area contributed by atoms with Gasteiger partial charge in [-0.3, -0.25) is 0 Å². The van der Waals surface area contributed by atoms with Crippen LogP contribution in [0.5, 0.6) is 0 Å². The third kappa shape index (κ3) is 5.55. The Bertz CT molecular complexity index is 571. The quantitative estimate of drug-likeness (QED) is 0.738. The average molecular weight is 413 g/mol. The van der Waals surface area contributed by atoms with E-state index in [2.05, 4.69) is 68.1 Å². The van der Waals surface area contributed by atoms with Crippen LogP contribution < -0.4 is 0 Å². The number of hydrogen-bond donors (Lipinski definition) is 1. The Morgan fingerprint density at radius 2 is 1.76 bits per heavy atom. The molecule has 1 atom stereocenters. The molecule has 1 N–H and O–H groups in total. The van der Waals surface area contributed by atoms with Gasteiger partial charge in [0.1, 0.15) is 0 Å². The lowest BCUT2D eigenvalue weighted by Crippen LogP contribution is -2.20. The van der Waals surface area contributed by atoms with Crippen molar-refractivity contribution >= 4 is 31.9 Å². The normalized spacial score (nSPS) is 12.6. The fraction of sp³-hybridized carbons (Fsp3) is 0.294. The molecule has 2 nitrogen and oxygen atoms in total. The maximum absolute atomic E-state index is 10.2. The van der Waals surface area contributed by atoms with Gasteiger partial charge in [-0.1, -0.05) is 56.1 Å². The second-order valence-corrected chi connectivity index (χ2v) is 7.06. The van der Waals surface area contributed by atoms with Crippen molar-refractivity contribution in [3.8, 4) is 0 Å². The Morgan fingerprint density at radius 3 is 2.43 bits per heavy atom. The average Bonchev–Trinajstić information content (AvgIpc) is 2.47. The van der Waals surface area contributed by atoms with Gasteiger partial charge in [0, 0.05) is 22.0 Å². The molecule has 4 heteroatoms. The Morgan fingerprint density at radius 1 is 1.05 bits per heavy atom. The zero-order valence-corrected chi connectivity index (χ0v) is 15.1. The molecule has 2 aromatic carbocycles. The molecule has 2 rings (SSSR count). The van der Waals surface area contributed by atoms with Crippen LogP contribution in [0.1, 0.15) is 23.7 Å². The standard InChI is InChI=1S/C17H19Br2NO/c1-20(12-13-5-7-15(18)8-6-13)10-9-17(21)14-3-2-4-16(19)11-14/h2-8,11,17,21H,9-10,12H2,1H3. The molecule has 1 unspecified atom stereocenters. The zero-order chi connectivity index (χ0) is 15.2. The van der Waals surface area contributed by atoms with E-state index in [0.29, 0.717) is 0 Å². The van der Waals surface area contributed by atoms with Gasteiger partial charge in [0.05, 0.1) is 6.10 Å². The molecule has 112 valence electrons. The molecule has 0 bridgehead atoms. The summed E-state index contributed by atoms with van der Waals surface area (Å²) in [6.45, 7) is 1.74. The van der Waals surface area contributed by atoms with E-state index >= 15 is 0 Å². The first-order valence-corrected chi connectivity index (χ1v) is 8.50. The number of nitrogens with zero attached hydrogens (tertiary/aromatic N) is 1. The molecule has 0 saturated carbocycles. The van der Waals surface area contributed by atoms with E-state index < -0.39 is 6.10 Å². The number of aliphatic hydroxyl groups is 1. The maximum Gasteiger partial charge on any atom is 0.0802 e. The largest absolute Gasteiger partial charge is 0.388 e. The van der Waals surface area contributed by atoms with Crippen LogP contribution in [0.15, 0.2) is 57.5 Å². The van der Waals surface area contributed by atoms with Crippen molar-refractivity contribution in [2.75, 3.05) is 13.6 Å². The van der Waals surface area contributed by atoms with Crippen molar-refractivity contribution < 1.29 is 5.11 Å². The highest BCUT2D eigenvalue weighted by Crippen LogP contribution is 2.21. The second kappa shape index (κ2) is 8.08. The first-order valence-electron chi connectivity index (χ1n) is 6.91. The van der Waals surface area contributed by atoms with E-state index in [9.17, 15) is 5.11 Å². The van der Waals surface area contributed by atoms with Gasteiger partial charge >= 0.3 is 0 Å². The molecule has 21 heavy (non-hydrogen) atoms. The van der Waals surface area contributed by atoms with Crippen molar-refractivity contribution in [2.45, 2.75) is 19.1 Å². The van der Waals surface area contributed by atoms with Crippen LogP contribution in [0.25, 0.3) is 0 Å². The van der Waals surface area contributed by atoms with Gasteiger partial charge in [-0.25, -0.2) is 0 Å². The summed E-state index contributed by atoms with van der Waals surface area (Å²) in [7, 11) is 2.08. The van der Waals surface area contributed by atoms with Crippen molar-refractivity contribution in [2.24, 2.45) is 0 Å². The molecule has 0 amide bonds. The summed E-state index contributed by atoms with van der Waals surface area (Å²) in [5.74, 6) is 0. The lowest BCUT2D eigenvalue weighted by atomic mass is 10.1. The summed E-state index contributed by atoms with van der Waals surface area (Å²) < 4.78 is 2.10. The Labute approximate surface area is 143 Å². The molecule has 0 heterocycles. The van der Waals surface area contributed by atoms with E-state index in [4.69, 9.17) is 0 Å². The Kier molecular flexibility index (Phi) is 6.42. The number of rotatable bonds is 6. The zero-order valence-electron chi connectivity index (χ0n) is 12.0. The van der Waals surface area contributed by atoms with Crippen molar-refractivity contribution in [1.82, 2.24) is 4.90 Å². The lowest BCUT2D eigenvalue weighted by Gasteiger charge is -2.19. The number of halogens is 2. The van der Waals surface area contributed by atoms with Crippen LogP contribution in [-0.2, 0) is 6.54 Å². The van der Waals surface area contributed by atoms with Gasteiger partial charge in [-0.2, -0.15) is 0 Å². The van der Waals surface area contributed by atoms with E-state index in [-0.39, 0.29) is 0 Å². The minimum absolute atomic E-state index is 0.421. The minimum Gasteiger partial charge on any atom is -0.388 e. The predicted octanol–water partition coefficient (Wildman–Crippen LogP) is 4.77. The molecule has 0 radical (unpaired) electrons. The fourth-order valence-corrected chi connectivity index (χ4v) is 2.89. The Balaban J connectivity index is 1.83. The van der Waals surface area contributed by atoms with Crippen LogP contribution >= 0.6 is 31.9 Å². The molecule has 0 saturated heterocycles. The summed E-state index contributed by atoms with van der Waals surface area (Å²) in [4.78, 5) is 2.23. The van der Waals surface area contributed by atoms with Crippen LogP contribution in [0.3, 0.4) is 0 Å². The van der Waals surface area contributed by atoms with E-state index in [1.807, 2.05) is 24.3 Å². The molecule has 0 aliphatic heterocycles. The fourth-order valence-electron chi connectivity index (χ4n) is 2.20. The molecule has 2 aromatic rings. The monoisotopic (exact) mass is 411 g/mol. The van der Waals surface area contributed by atoms with Crippen LogP contribution in [0.2, 0.25) is 0 Å². The Hall–Kier alpha value is -0.680. The van der Waals surface area contributed by atoms with E-state index in [1.165, 1.54) is 5.56 Å². The summed E-state index contributed by atoms with van der Waals surface area (Å²) in [5.41, 5.74) is 2.24. The summed E-state index contributed by atoms with van der Waals surface area (Å²) in [5, 5.41) is 10.2. The summed E-state index contributed by atoms with van der Waals surface area (Å²) in [6, 6.07) is 16.2. The first kappa shape index (κ1) is 16.7. The topological polar surface area (TPSA) is 23.5 Å². The van der Waals surface area contributed by atoms with Crippen molar-refractivity contribution in [3.05, 3.63) is 68.6 Å². The van der Waals surface area contributed by atoms with Crippen molar-refractivity contribution in [3.63, 3.8) is 0 Å². The molecule has 0 aliphatic carbocycles. The van der Waals surface area contributed by atoms with Gasteiger partial charge < -0.3 is 10.0 Å². The molecule has 0 aromatic heterocycles. The SMILES string of the molecule is CN(CCC(O)c1cccc(Br)c1)Cc1ccc(Br)cc1. The highest BCUT2D eigenvalue weighted by molar-refractivity contribution is 9.10. The third-order valence-corrected chi connectivity index (χ3v) is 4.41. The lowest BCUT2D eigenvalue weighted by molar-refractivity contribution is 0.147. The summed E-state index contributed by atoms with van der Waals surface area (Å²) >= 11 is 6.88. The molecule has 0 spiro atoms. The molecule has 0 fully saturated rings. The number of aliphatic hydroxyl groups excluding tert-OH is 1. The van der Waals surface area contributed by atoms with Gasteiger partial charge in [-0.05, 0) is 48.9 Å². The van der Waals surface area contributed by atoms with Gasteiger partial charge in [0.25, 0.3) is 0 Å². The van der Waals surface area contributed by atoms with Gasteiger partial charge in [-0.15, -0.1) is 0 Å². The van der Waals surface area contributed by atoms with Gasteiger partial charge in [0.15, 0.2) is 0 Å².